The van der Waals surface area contributed by atoms with E-state index in [2.05, 4.69) is 29.2 Å². The van der Waals surface area contributed by atoms with E-state index in [1.165, 1.54) is 11.1 Å². The van der Waals surface area contributed by atoms with Crippen molar-refractivity contribution >= 4 is 5.91 Å². The zero-order valence-electron chi connectivity index (χ0n) is 24.8. The van der Waals surface area contributed by atoms with Crippen LogP contribution in [0, 0.1) is 0 Å². The number of carbonyl (C=O) groups is 1. The molecule has 0 aliphatic rings. The largest absolute Gasteiger partial charge is 0.493 e. The Kier molecular flexibility index (Phi) is 10.3. The Hall–Kier alpha value is -4.81. The molecule has 0 N–H and O–H groups in total. The van der Waals surface area contributed by atoms with Gasteiger partial charge in [0, 0.05) is 26.2 Å². The molecule has 0 saturated heterocycles. The molecular weight excluding hydrogens is 536 g/mol. The van der Waals surface area contributed by atoms with Crippen LogP contribution in [0.15, 0.2) is 126 Å². The Morgan fingerprint density at radius 1 is 0.605 bits per heavy atom. The quantitative estimate of drug-likeness (QED) is 0.138. The van der Waals surface area contributed by atoms with Crippen molar-refractivity contribution in [2.75, 3.05) is 20.8 Å². The maximum absolute atomic E-state index is 13.8. The fraction of sp³-hybridized carbons (Fsp3) is 0.216. The molecule has 0 aliphatic heterocycles. The van der Waals surface area contributed by atoms with Gasteiger partial charge in [0.1, 0.15) is 5.76 Å². The highest BCUT2D eigenvalue weighted by molar-refractivity contribution is 5.91. The molecule has 0 bridgehead atoms. The molecule has 0 saturated carbocycles. The van der Waals surface area contributed by atoms with Crippen LogP contribution in [-0.2, 0) is 32.6 Å². The maximum atomic E-state index is 13.8. The fourth-order valence-corrected chi connectivity index (χ4v) is 5.17. The Bertz CT molecular complexity index is 1570. The van der Waals surface area contributed by atoms with Crippen LogP contribution in [0.2, 0.25) is 0 Å². The van der Waals surface area contributed by atoms with Crippen molar-refractivity contribution < 1.29 is 18.7 Å². The highest BCUT2D eigenvalue weighted by Gasteiger charge is 2.21. The van der Waals surface area contributed by atoms with E-state index in [4.69, 9.17) is 13.9 Å². The van der Waals surface area contributed by atoms with Gasteiger partial charge in [-0.05, 0) is 52.9 Å². The van der Waals surface area contributed by atoms with E-state index in [1.807, 2.05) is 95.9 Å². The summed E-state index contributed by atoms with van der Waals surface area (Å²) >= 11 is 0. The average Bonchev–Trinajstić information content (AvgIpc) is 3.52. The van der Waals surface area contributed by atoms with Gasteiger partial charge in [-0.2, -0.15) is 0 Å². The van der Waals surface area contributed by atoms with Crippen molar-refractivity contribution in [3.63, 3.8) is 0 Å². The minimum absolute atomic E-state index is 0.111. The smallest absolute Gasteiger partial charge is 0.289 e. The number of rotatable bonds is 14. The lowest BCUT2D eigenvalue weighted by atomic mass is 10.1. The molecule has 0 radical (unpaired) electrons. The number of furan rings is 1. The van der Waals surface area contributed by atoms with E-state index in [0.717, 1.165) is 29.9 Å². The summed E-state index contributed by atoms with van der Waals surface area (Å²) in [4.78, 5) is 17.9. The molecule has 1 aromatic heterocycles. The van der Waals surface area contributed by atoms with E-state index < -0.39 is 0 Å². The van der Waals surface area contributed by atoms with Gasteiger partial charge in [-0.25, -0.2) is 0 Å². The molecule has 0 unspecified atom stereocenters. The monoisotopic (exact) mass is 574 g/mol. The summed E-state index contributed by atoms with van der Waals surface area (Å²) in [5.74, 6) is 2.37. The second-order valence-corrected chi connectivity index (χ2v) is 10.5. The summed E-state index contributed by atoms with van der Waals surface area (Å²) in [5.41, 5.74) is 4.56. The summed E-state index contributed by atoms with van der Waals surface area (Å²) in [7, 11) is 3.28. The normalized spacial score (nSPS) is 11.0. The molecular formula is C37H38N2O4. The number of methoxy groups -OCH3 is 2. The molecule has 1 heterocycles. The molecule has 220 valence electrons. The zero-order chi connectivity index (χ0) is 29.9. The molecule has 0 aliphatic carbocycles. The van der Waals surface area contributed by atoms with E-state index in [0.29, 0.717) is 43.4 Å². The standard InChI is InChI=1S/C37H38N2O4/c1-41-34-20-18-32(24-36(34)42-2)26-38(25-30-14-8-4-9-15-30)28-33-19-21-35(43-33)37(40)39(27-31-16-10-5-11-17-31)23-22-29-12-6-3-7-13-29/h3-21,24H,22-23,25-28H2,1-2H3. The number of ether oxygens (including phenoxy) is 2. The average molecular weight is 575 g/mol. The molecule has 6 nitrogen and oxygen atoms in total. The van der Waals surface area contributed by atoms with Crippen LogP contribution in [0.3, 0.4) is 0 Å². The molecule has 6 heteroatoms. The predicted octanol–water partition coefficient (Wildman–Crippen LogP) is 7.38. The summed E-state index contributed by atoms with van der Waals surface area (Å²) in [6, 6.07) is 40.4. The van der Waals surface area contributed by atoms with Crippen molar-refractivity contribution in [2.45, 2.75) is 32.6 Å². The minimum Gasteiger partial charge on any atom is -0.493 e. The van der Waals surface area contributed by atoms with Crippen LogP contribution in [0.25, 0.3) is 0 Å². The molecule has 0 fully saturated rings. The summed E-state index contributed by atoms with van der Waals surface area (Å²) in [6.07, 6.45) is 0.767. The topological polar surface area (TPSA) is 55.2 Å². The van der Waals surface area contributed by atoms with Crippen molar-refractivity contribution in [2.24, 2.45) is 0 Å². The lowest BCUT2D eigenvalue weighted by Crippen LogP contribution is -2.32. The third kappa shape index (κ3) is 8.37. The Balaban J connectivity index is 1.33. The molecule has 4 aromatic carbocycles. The first-order valence-electron chi connectivity index (χ1n) is 14.5. The number of amides is 1. The van der Waals surface area contributed by atoms with Gasteiger partial charge in [0.15, 0.2) is 17.3 Å². The Labute approximate surface area is 254 Å². The molecule has 0 spiro atoms. The van der Waals surface area contributed by atoms with Crippen LogP contribution >= 0.6 is 0 Å². The van der Waals surface area contributed by atoms with Crippen LogP contribution in [-0.4, -0.2) is 36.5 Å². The van der Waals surface area contributed by atoms with E-state index in [-0.39, 0.29) is 5.91 Å². The first-order chi connectivity index (χ1) is 21.1. The highest BCUT2D eigenvalue weighted by Crippen LogP contribution is 2.29. The molecule has 5 aromatic rings. The van der Waals surface area contributed by atoms with E-state index >= 15 is 0 Å². The summed E-state index contributed by atoms with van der Waals surface area (Å²) in [5, 5.41) is 0. The van der Waals surface area contributed by atoms with Gasteiger partial charge in [0.05, 0.1) is 20.8 Å². The fourth-order valence-electron chi connectivity index (χ4n) is 5.17. The van der Waals surface area contributed by atoms with Crippen LogP contribution in [0.1, 0.15) is 38.6 Å². The van der Waals surface area contributed by atoms with Crippen molar-refractivity contribution in [3.8, 4) is 11.5 Å². The number of benzene rings is 4. The lowest BCUT2D eigenvalue weighted by molar-refractivity contribution is 0.0708. The third-order valence-electron chi connectivity index (χ3n) is 7.37. The SMILES string of the molecule is COc1ccc(CN(Cc2ccccc2)Cc2ccc(C(=O)N(CCc3ccccc3)Cc3ccccc3)o2)cc1OC. The first kappa shape index (κ1) is 29.7. The van der Waals surface area contributed by atoms with Crippen LogP contribution in [0.5, 0.6) is 11.5 Å². The van der Waals surface area contributed by atoms with Crippen LogP contribution < -0.4 is 9.47 Å². The van der Waals surface area contributed by atoms with E-state index in [9.17, 15) is 4.79 Å². The maximum Gasteiger partial charge on any atom is 0.289 e. The molecule has 1 amide bonds. The van der Waals surface area contributed by atoms with Gasteiger partial charge in [-0.3, -0.25) is 9.69 Å². The van der Waals surface area contributed by atoms with Crippen molar-refractivity contribution in [1.82, 2.24) is 9.80 Å². The van der Waals surface area contributed by atoms with Crippen molar-refractivity contribution in [1.29, 1.82) is 0 Å². The number of hydrogen-bond acceptors (Lipinski definition) is 5. The summed E-state index contributed by atoms with van der Waals surface area (Å²) in [6.45, 7) is 3.03. The first-order valence-corrected chi connectivity index (χ1v) is 14.5. The third-order valence-corrected chi connectivity index (χ3v) is 7.37. The van der Waals surface area contributed by atoms with Gasteiger partial charge in [-0.15, -0.1) is 0 Å². The Morgan fingerprint density at radius 2 is 1.19 bits per heavy atom. The second kappa shape index (κ2) is 14.9. The second-order valence-electron chi connectivity index (χ2n) is 10.5. The lowest BCUT2D eigenvalue weighted by Gasteiger charge is -2.23. The van der Waals surface area contributed by atoms with Gasteiger partial charge < -0.3 is 18.8 Å². The van der Waals surface area contributed by atoms with Crippen LogP contribution in [0.4, 0.5) is 0 Å². The van der Waals surface area contributed by atoms with Gasteiger partial charge >= 0.3 is 0 Å². The minimum atomic E-state index is -0.111. The van der Waals surface area contributed by atoms with Gasteiger partial charge in [0.2, 0.25) is 0 Å². The molecule has 0 atom stereocenters. The van der Waals surface area contributed by atoms with E-state index in [1.54, 1.807) is 20.3 Å². The highest BCUT2D eigenvalue weighted by atomic mass is 16.5. The van der Waals surface area contributed by atoms with Gasteiger partial charge in [-0.1, -0.05) is 97.1 Å². The predicted molar refractivity (Wildman–Crippen MR) is 169 cm³/mol. The van der Waals surface area contributed by atoms with Crippen molar-refractivity contribution in [3.05, 3.63) is 155 Å². The molecule has 5 rings (SSSR count). The number of hydrogen-bond donors (Lipinski definition) is 0. The summed E-state index contributed by atoms with van der Waals surface area (Å²) < 4.78 is 17.2. The Morgan fingerprint density at radius 3 is 1.81 bits per heavy atom. The van der Waals surface area contributed by atoms with Gasteiger partial charge in [0.25, 0.3) is 5.91 Å². The molecule has 43 heavy (non-hydrogen) atoms. The zero-order valence-corrected chi connectivity index (χ0v) is 24.8. The number of nitrogens with zero attached hydrogens (tertiary/aromatic N) is 2. The number of carbonyl (C=O) groups excluding carboxylic acids is 1.